The third kappa shape index (κ3) is 3.23. The van der Waals surface area contributed by atoms with Crippen LogP contribution in [0.2, 0.25) is 0 Å². The van der Waals surface area contributed by atoms with Crippen LogP contribution in [0.25, 0.3) is 11.1 Å². The van der Waals surface area contributed by atoms with Gasteiger partial charge in [0.1, 0.15) is 11.4 Å². The maximum atomic E-state index is 13.8. The number of anilines is 1. The van der Waals surface area contributed by atoms with Crippen molar-refractivity contribution in [3.05, 3.63) is 81.9 Å². The summed E-state index contributed by atoms with van der Waals surface area (Å²) in [5, 5.41) is 2.52. The minimum Gasteiger partial charge on any atom is -0.315 e. The summed E-state index contributed by atoms with van der Waals surface area (Å²) in [4.78, 5) is 28.4. The van der Waals surface area contributed by atoms with Crippen LogP contribution < -0.4 is 10.9 Å². The standard InChI is InChI=1S/C19H15F2N3O2/c1-11-6-8-14(19(26)24(11)2)18(25)23-16-9-7-12(10-22-16)13-4-3-5-15(20)17(13)21/h3-10H,1-2H3,(H,22,23,25). The molecule has 2 heterocycles. The molecule has 3 aromatic rings. The summed E-state index contributed by atoms with van der Waals surface area (Å²) in [6, 6.07) is 9.94. The molecule has 0 saturated heterocycles. The predicted octanol–water partition coefficient (Wildman–Crippen LogP) is 3.29. The molecule has 0 saturated carbocycles. The van der Waals surface area contributed by atoms with Crippen LogP contribution in [0.1, 0.15) is 16.1 Å². The quantitative estimate of drug-likeness (QED) is 0.784. The van der Waals surface area contributed by atoms with Crippen molar-refractivity contribution < 1.29 is 13.6 Å². The van der Waals surface area contributed by atoms with Crippen LogP contribution in [-0.4, -0.2) is 15.5 Å². The Hall–Kier alpha value is -3.35. The number of pyridine rings is 2. The Morgan fingerprint density at radius 2 is 1.88 bits per heavy atom. The van der Waals surface area contributed by atoms with Gasteiger partial charge in [0.2, 0.25) is 0 Å². The normalized spacial score (nSPS) is 10.6. The number of nitrogens with zero attached hydrogens (tertiary/aromatic N) is 2. The zero-order valence-electron chi connectivity index (χ0n) is 14.1. The highest BCUT2D eigenvalue weighted by molar-refractivity contribution is 6.03. The molecule has 1 aromatic carbocycles. The van der Waals surface area contributed by atoms with E-state index in [1.807, 2.05) is 0 Å². The van der Waals surface area contributed by atoms with Gasteiger partial charge in [-0.1, -0.05) is 12.1 Å². The van der Waals surface area contributed by atoms with Gasteiger partial charge in [-0.15, -0.1) is 0 Å². The first kappa shape index (κ1) is 17.5. The molecule has 0 aliphatic heterocycles. The maximum Gasteiger partial charge on any atom is 0.263 e. The summed E-state index contributed by atoms with van der Waals surface area (Å²) in [5.74, 6) is -2.31. The Morgan fingerprint density at radius 3 is 2.58 bits per heavy atom. The minimum absolute atomic E-state index is 0.0137. The van der Waals surface area contributed by atoms with Crippen LogP contribution in [0, 0.1) is 18.6 Å². The topological polar surface area (TPSA) is 64.0 Å². The summed E-state index contributed by atoms with van der Waals surface area (Å²) >= 11 is 0. The molecule has 7 heteroatoms. The van der Waals surface area contributed by atoms with E-state index < -0.39 is 23.1 Å². The number of aryl methyl sites for hydroxylation is 1. The molecule has 1 N–H and O–H groups in total. The molecule has 1 amide bonds. The first-order chi connectivity index (χ1) is 12.4. The van der Waals surface area contributed by atoms with E-state index in [-0.39, 0.29) is 16.9 Å². The van der Waals surface area contributed by atoms with Gasteiger partial charge in [-0.25, -0.2) is 13.8 Å². The third-order valence-corrected chi connectivity index (χ3v) is 4.07. The van der Waals surface area contributed by atoms with Crippen LogP contribution in [0.4, 0.5) is 14.6 Å². The molecule has 0 aliphatic rings. The number of hydrogen-bond acceptors (Lipinski definition) is 3. The molecular weight excluding hydrogens is 340 g/mol. The third-order valence-electron chi connectivity index (χ3n) is 4.07. The largest absolute Gasteiger partial charge is 0.315 e. The number of amides is 1. The lowest BCUT2D eigenvalue weighted by atomic mass is 10.1. The molecule has 3 rings (SSSR count). The smallest absolute Gasteiger partial charge is 0.263 e. The van der Waals surface area contributed by atoms with Crippen molar-refractivity contribution in [2.24, 2.45) is 7.05 Å². The zero-order valence-corrected chi connectivity index (χ0v) is 14.1. The van der Waals surface area contributed by atoms with Crippen LogP contribution in [-0.2, 0) is 7.05 Å². The van der Waals surface area contributed by atoms with Crippen molar-refractivity contribution in [1.82, 2.24) is 9.55 Å². The average molecular weight is 355 g/mol. The van der Waals surface area contributed by atoms with E-state index in [9.17, 15) is 18.4 Å². The van der Waals surface area contributed by atoms with Gasteiger partial charge in [0.25, 0.3) is 11.5 Å². The van der Waals surface area contributed by atoms with E-state index in [0.29, 0.717) is 5.56 Å². The number of carbonyl (C=O) groups excluding carboxylic acids is 1. The molecule has 5 nitrogen and oxygen atoms in total. The highest BCUT2D eigenvalue weighted by Crippen LogP contribution is 2.24. The fraction of sp³-hybridized carbons (Fsp3) is 0.105. The summed E-state index contributed by atoms with van der Waals surface area (Å²) in [5.41, 5.74) is 0.737. The Labute approximate surface area is 147 Å². The van der Waals surface area contributed by atoms with Gasteiger partial charge in [0.15, 0.2) is 11.6 Å². The van der Waals surface area contributed by atoms with E-state index in [1.165, 1.54) is 41.1 Å². The lowest BCUT2D eigenvalue weighted by Crippen LogP contribution is -2.28. The highest BCUT2D eigenvalue weighted by atomic mass is 19.2. The van der Waals surface area contributed by atoms with Gasteiger partial charge in [0, 0.05) is 30.1 Å². The monoisotopic (exact) mass is 355 g/mol. The van der Waals surface area contributed by atoms with E-state index >= 15 is 0 Å². The zero-order chi connectivity index (χ0) is 18.8. The van der Waals surface area contributed by atoms with Gasteiger partial charge in [-0.2, -0.15) is 0 Å². The second kappa shape index (κ2) is 6.87. The van der Waals surface area contributed by atoms with E-state index in [1.54, 1.807) is 20.0 Å². The molecule has 26 heavy (non-hydrogen) atoms. The summed E-state index contributed by atoms with van der Waals surface area (Å²) in [7, 11) is 1.58. The van der Waals surface area contributed by atoms with Crippen molar-refractivity contribution in [3.8, 4) is 11.1 Å². The van der Waals surface area contributed by atoms with Crippen molar-refractivity contribution >= 4 is 11.7 Å². The van der Waals surface area contributed by atoms with Gasteiger partial charge in [-0.05, 0) is 37.3 Å². The maximum absolute atomic E-state index is 13.8. The van der Waals surface area contributed by atoms with Crippen molar-refractivity contribution in [2.75, 3.05) is 5.32 Å². The number of hydrogen-bond donors (Lipinski definition) is 1. The number of nitrogens with one attached hydrogen (secondary N) is 1. The average Bonchev–Trinajstić information content (AvgIpc) is 2.63. The van der Waals surface area contributed by atoms with Crippen molar-refractivity contribution in [2.45, 2.75) is 6.92 Å². The molecule has 0 fully saturated rings. The lowest BCUT2D eigenvalue weighted by molar-refractivity contribution is 0.102. The molecular formula is C19H15F2N3O2. The number of halogens is 2. The Balaban J connectivity index is 1.84. The Kier molecular flexibility index (Phi) is 4.62. The molecule has 0 aliphatic carbocycles. The second-order valence-electron chi connectivity index (χ2n) is 5.74. The van der Waals surface area contributed by atoms with Crippen LogP contribution in [0.15, 0.2) is 53.5 Å². The van der Waals surface area contributed by atoms with E-state index in [4.69, 9.17) is 0 Å². The number of benzene rings is 1. The number of carbonyl (C=O) groups is 1. The van der Waals surface area contributed by atoms with E-state index in [0.717, 1.165) is 11.8 Å². The fourth-order valence-corrected chi connectivity index (χ4v) is 2.44. The number of rotatable bonds is 3. The highest BCUT2D eigenvalue weighted by Gasteiger charge is 2.14. The van der Waals surface area contributed by atoms with Crippen molar-refractivity contribution in [3.63, 3.8) is 0 Å². The van der Waals surface area contributed by atoms with Gasteiger partial charge < -0.3 is 9.88 Å². The van der Waals surface area contributed by atoms with E-state index in [2.05, 4.69) is 10.3 Å². The van der Waals surface area contributed by atoms with Crippen LogP contribution >= 0.6 is 0 Å². The summed E-state index contributed by atoms with van der Waals surface area (Å²) in [6.45, 7) is 1.76. The van der Waals surface area contributed by atoms with Crippen molar-refractivity contribution in [1.29, 1.82) is 0 Å². The molecule has 0 bridgehead atoms. The molecule has 0 atom stereocenters. The SMILES string of the molecule is Cc1ccc(C(=O)Nc2ccc(-c3cccc(F)c3F)cn2)c(=O)n1C. The second-order valence-corrected chi connectivity index (χ2v) is 5.74. The Bertz CT molecular complexity index is 1040. The summed E-state index contributed by atoms with van der Waals surface area (Å²) < 4.78 is 28.5. The van der Waals surface area contributed by atoms with Crippen LogP contribution in [0.5, 0.6) is 0 Å². The van der Waals surface area contributed by atoms with Crippen LogP contribution in [0.3, 0.4) is 0 Å². The summed E-state index contributed by atoms with van der Waals surface area (Å²) in [6.07, 6.45) is 1.32. The molecule has 0 unspecified atom stereocenters. The van der Waals surface area contributed by atoms with Gasteiger partial charge in [0.05, 0.1) is 0 Å². The minimum atomic E-state index is -0.964. The molecule has 132 valence electrons. The Morgan fingerprint density at radius 1 is 1.12 bits per heavy atom. The first-order valence-corrected chi connectivity index (χ1v) is 7.77. The van der Waals surface area contributed by atoms with Gasteiger partial charge >= 0.3 is 0 Å². The molecule has 2 aromatic heterocycles. The fourth-order valence-electron chi connectivity index (χ4n) is 2.44. The molecule has 0 radical (unpaired) electrons. The number of aromatic nitrogens is 2. The predicted molar refractivity (Wildman–Crippen MR) is 94.0 cm³/mol. The van der Waals surface area contributed by atoms with Gasteiger partial charge in [-0.3, -0.25) is 9.59 Å². The first-order valence-electron chi connectivity index (χ1n) is 7.77. The lowest BCUT2D eigenvalue weighted by Gasteiger charge is -2.08. The molecule has 0 spiro atoms.